The van der Waals surface area contributed by atoms with Crippen molar-refractivity contribution < 1.29 is 18.4 Å². The fourth-order valence-electron chi connectivity index (χ4n) is 3.09. The number of carbonyl (C=O) groups is 2. The summed E-state index contributed by atoms with van der Waals surface area (Å²) in [6, 6.07) is 5.03. The lowest BCUT2D eigenvalue weighted by Crippen LogP contribution is -2.31. The van der Waals surface area contributed by atoms with E-state index in [0.717, 1.165) is 30.5 Å². The van der Waals surface area contributed by atoms with Crippen molar-refractivity contribution in [3.05, 3.63) is 47.7 Å². The molecule has 3 rings (SSSR count). The molecule has 1 aliphatic heterocycles. The Kier molecular flexibility index (Phi) is 6.58. The lowest BCUT2D eigenvalue weighted by Gasteiger charge is -2.19. The number of nitrogens with zero attached hydrogens (tertiary/aromatic N) is 2. The standard InChI is InChI=1S/C20H23F2N5O2/c1-13-4-5-17(24-12-13)26-18(28)6-7-23-20(29)25-14-10-15(21)19(16(22)11-14)27-8-2-3-9-27/h4-5,10-12H,2-3,6-9H2,1H3,(H2,23,25,29)(H,24,26,28). The van der Waals surface area contributed by atoms with E-state index in [9.17, 15) is 18.4 Å². The number of halogens is 2. The second-order valence-corrected chi connectivity index (χ2v) is 6.88. The maximum Gasteiger partial charge on any atom is 0.319 e. The molecule has 1 aromatic heterocycles. The van der Waals surface area contributed by atoms with E-state index in [0.29, 0.717) is 18.9 Å². The summed E-state index contributed by atoms with van der Waals surface area (Å²) in [6.45, 7) is 3.17. The van der Waals surface area contributed by atoms with E-state index in [-0.39, 0.29) is 30.2 Å². The fraction of sp³-hybridized carbons (Fsp3) is 0.350. The normalized spacial score (nSPS) is 13.3. The molecule has 0 saturated carbocycles. The summed E-state index contributed by atoms with van der Waals surface area (Å²) in [6.07, 6.45) is 3.46. The number of hydrogen-bond acceptors (Lipinski definition) is 4. The van der Waals surface area contributed by atoms with E-state index in [4.69, 9.17) is 0 Å². The summed E-state index contributed by atoms with van der Waals surface area (Å²) in [5.74, 6) is -1.32. The van der Waals surface area contributed by atoms with Gasteiger partial charge in [-0.15, -0.1) is 0 Å². The van der Waals surface area contributed by atoms with Crippen molar-refractivity contribution in [2.24, 2.45) is 0 Å². The molecule has 0 aliphatic carbocycles. The highest BCUT2D eigenvalue weighted by molar-refractivity contribution is 5.92. The van der Waals surface area contributed by atoms with Gasteiger partial charge in [0.2, 0.25) is 5.91 Å². The number of aromatic nitrogens is 1. The minimum Gasteiger partial charge on any atom is -0.367 e. The Bertz CT molecular complexity index is 860. The number of aryl methyl sites for hydroxylation is 1. The Labute approximate surface area is 167 Å². The summed E-state index contributed by atoms with van der Waals surface area (Å²) < 4.78 is 28.6. The molecule has 1 aromatic carbocycles. The highest BCUT2D eigenvalue weighted by Crippen LogP contribution is 2.29. The summed E-state index contributed by atoms with van der Waals surface area (Å²) in [7, 11) is 0. The van der Waals surface area contributed by atoms with E-state index in [1.54, 1.807) is 17.2 Å². The first kappa shape index (κ1) is 20.5. The zero-order valence-corrected chi connectivity index (χ0v) is 16.1. The Morgan fingerprint density at radius 3 is 2.41 bits per heavy atom. The number of hydrogen-bond donors (Lipinski definition) is 3. The summed E-state index contributed by atoms with van der Waals surface area (Å²) in [5.41, 5.74) is 0.922. The topological polar surface area (TPSA) is 86.4 Å². The maximum absolute atomic E-state index is 14.3. The molecular weight excluding hydrogens is 380 g/mol. The molecule has 0 bridgehead atoms. The van der Waals surface area contributed by atoms with Gasteiger partial charge in [0, 0.05) is 37.9 Å². The van der Waals surface area contributed by atoms with Crippen molar-refractivity contribution in [3.8, 4) is 0 Å². The van der Waals surface area contributed by atoms with E-state index in [1.807, 2.05) is 13.0 Å². The highest BCUT2D eigenvalue weighted by atomic mass is 19.1. The Morgan fingerprint density at radius 2 is 1.79 bits per heavy atom. The molecule has 2 aromatic rings. The minimum atomic E-state index is -0.716. The lowest BCUT2D eigenvalue weighted by atomic mass is 10.2. The van der Waals surface area contributed by atoms with Gasteiger partial charge in [0.05, 0.1) is 0 Å². The van der Waals surface area contributed by atoms with Crippen molar-refractivity contribution in [1.29, 1.82) is 0 Å². The monoisotopic (exact) mass is 403 g/mol. The molecule has 3 amide bonds. The van der Waals surface area contributed by atoms with Crippen molar-refractivity contribution in [2.45, 2.75) is 26.2 Å². The van der Waals surface area contributed by atoms with Crippen molar-refractivity contribution in [3.63, 3.8) is 0 Å². The van der Waals surface area contributed by atoms with Gasteiger partial charge in [-0.2, -0.15) is 0 Å². The van der Waals surface area contributed by atoms with Gasteiger partial charge in [0.25, 0.3) is 0 Å². The first-order chi connectivity index (χ1) is 13.9. The van der Waals surface area contributed by atoms with Crippen LogP contribution in [0.2, 0.25) is 0 Å². The smallest absolute Gasteiger partial charge is 0.319 e. The van der Waals surface area contributed by atoms with Gasteiger partial charge in [0.15, 0.2) is 11.6 Å². The average molecular weight is 403 g/mol. The number of carbonyl (C=O) groups excluding carboxylic acids is 2. The van der Waals surface area contributed by atoms with Crippen LogP contribution < -0.4 is 20.9 Å². The summed E-state index contributed by atoms with van der Waals surface area (Å²) in [4.78, 5) is 29.5. The van der Waals surface area contributed by atoms with Crippen LogP contribution in [0.5, 0.6) is 0 Å². The third kappa shape index (κ3) is 5.63. The highest BCUT2D eigenvalue weighted by Gasteiger charge is 2.21. The van der Waals surface area contributed by atoms with Gasteiger partial charge in [-0.1, -0.05) is 6.07 Å². The van der Waals surface area contributed by atoms with Crippen LogP contribution in [0.15, 0.2) is 30.5 Å². The Balaban J connectivity index is 1.46. The largest absolute Gasteiger partial charge is 0.367 e. The van der Waals surface area contributed by atoms with Gasteiger partial charge in [-0.05, 0) is 43.5 Å². The molecule has 3 N–H and O–H groups in total. The zero-order chi connectivity index (χ0) is 20.8. The molecule has 0 spiro atoms. The van der Waals surface area contributed by atoms with Gasteiger partial charge in [-0.25, -0.2) is 18.6 Å². The minimum absolute atomic E-state index is 0.00811. The molecule has 2 heterocycles. The van der Waals surface area contributed by atoms with Crippen LogP contribution in [-0.4, -0.2) is 36.6 Å². The molecule has 0 radical (unpaired) electrons. The van der Waals surface area contributed by atoms with Crippen LogP contribution in [0.25, 0.3) is 0 Å². The van der Waals surface area contributed by atoms with Gasteiger partial charge < -0.3 is 20.9 Å². The van der Waals surface area contributed by atoms with Crippen LogP contribution in [-0.2, 0) is 4.79 Å². The van der Waals surface area contributed by atoms with Crippen LogP contribution in [0.4, 0.5) is 30.8 Å². The molecule has 0 atom stereocenters. The van der Waals surface area contributed by atoms with Crippen molar-refractivity contribution in [2.75, 3.05) is 35.2 Å². The molecule has 1 fully saturated rings. The Hall–Kier alpha value is -3.23. The number of amides is 3. The number of benzene rings is 1. The van der Waals surface area contributed by atoms with E-state index in [1.165, 1.54) is 0 Å². The quantitative estimate of drug-likeness (QED) is 0.690. The predicted octanol–water partition coefficient (Wildman–Crippen LogP) is 3.42. The van der Waals surface area contributed by atoms with Gasteiger partial charge >= 0.3 is 6.03 Å². The van der Waals surface area contributed by atoms with Crippen LogP contribution >= 0.6 is 0 Å². The number of anilines is 3. The van der Waals surface area contributed by atoms with Crippen LogP contribution in [0, 0.1) is 18.6 Å². The van der Waals surface area contributed by atoms with Crippen molar-refractivity contribution >= 4 is 29.1 Å². The molecule has 29 heavy (non-hydrogen) atoms. The predicted molar refractivity (Wildman–Crippen MR) is 107 cm³/mol. The molecule has 154 valence electrons. The number of pyridine rings is 1. The second-order valence-electron chi connectivity index (χ2n) is 6.88. The molecular formula is C20H23F2N5O2. The van der Waals surface area contributed by atoms with Gasteiger partial charge in [-0.3, -0.25) is 4.79 Å². The third-order valence-electron chi connectivity index (χ3n) is 4.51. The SMILES string of the molecule is Cc1ccc(NC(=O)CCNC(=O)Nc2cc(F)c(N3CCCC3)c(F)c2)nc1. The molecule has 7 nitrogen and oxygen atoms in total. The third-order valence-corrected chi connectivity index (χ3v) is 4.51. The summed E-state index contributed by atoms with van der Waals surface area (Å²) >= 11 is 0. The summed E-state index contributed by atoms with van der Waals surface area (Å²) in [5, 5.41) is 7.47. The first-order valence-electron chi connectivity index (χ1n) is 9.44. The van der Waals surface area contributed by atoms with Gasteiger partial charge in [0.1, 0.15) is 11.5 Å². The van der Waals surface area contributed by atoms with Crippen molar-refractivity contribution in [1.82, 2.24) is 10.3 Å². The average Bonchev–Trinajstić information content (AvgIpc) is 3.17. The molecule has 1 aliphatic rings. The van der Waals surface area contributed by atoms with Crippen LogP contribution in [0.3, 0.4) is 0 Å². The second kappa shape index (κ2) is 9.31. The maximum atomic E-state index is 14.3. The van der Waals surface area contributed by atoms with E-state index in [2.05, 4.69) is 20.9 Å². The van der Waals surface area contributed by atoms with E-state index >= 15 is 0 Å². The van der Waals surface area contributed by atoms with E-state index < -0.39 is 17.7 Å². The Morgan fingerprint density at radius 1 is 1.10 bits per heavy atom. The number of urea groups is 1. The molecule has 9 heteroatoms. The van der Waals surface area contributed by atoms with Crippen LogP contribution in [0.1, 0.15) is 24.8 Å². The molecule has 1 saturated heterocycles. The fourth-order valence-corrected chi connectivity index (χ4v) is 3.09. The zero-order valence-electron chi connectivity index (χ0n) is 16.1. The molecule has 0 unspecified atom stereocenters. The number of nitrogens with one attached hydrogen (secondary N) is 3. The number of rotatable bonds is 6. The first-order valence-corrected chi connectivity index (χ1v) is 9.44. The lowest BCUT2D eigenvalue weighted by molar-refractivity contribution is -0.116.